The van der Waals surface area contributed by atoms with Gasteiger partial charge in [-0.25, -0.2) is 9.97 Å². The first-order valence-electron chi connectivity index (χ1n) is 9.50. The Hall–Kier alpha value is -1.66. The fourth-order valence-corrected chi connectivity index (χ4v) is 5.30. The predicted octanol–water partition coefficient (Wildman–Crippen LogP) is -0.225. The maximum Gasteiger partial charge on any atom is 0.282 e. The Morgan fingerprint density at radius 1 is 1.11 bits per heavy atom. The average molecular weight is 413 g/mol. The molecule has 1 aromatic heterocycles. The molecule has 10 nitrogen and oxygen atoms in total. The van der Waals surface area contributed by atoms with E-state index in [-0.39, 0.29) is 24.1 Å². The van der Waals surface area contributed by atoms with Crippen molar-refractivity contribution in [2.45, 2.75) is 39.0 Å². The van der Waals surface area contributed by atoms with E-state index < -0.39 is 16.3 Å². The summed E-state index contributed by atoms with van der Waals surface area (Å²) in [6.45, 7) is 7.96. The Labute approximate surface area is 166 Å². The van der Waals surface area contributed by atoms with Gasteiger partial charge in [-0.15, -0.1) is 0 Å². The lowest BCUT2D eigenvalue weighted by atomic mass is 10.2. The van der Waals surface area contributed by atoms with Crippen molar-refractivity contribution in [3.8, 4) is 0 Å². The maximum atomic E-state index is 13.0. The Balaban J connectivity index is 1.55. The van der Waals surface area contributed by atoms with Gasteiger partial charge in [0.05, 0.1) is 18.2 Å². The van der Waals surface area contributed by atoms with E-state index in [0.29, 0.717) is 39.3 Å². The van der Waals surface area contributed by atoms with Gasteiger partial charge in [-0.05, 0) is 26.8 Å². The summed E-state index contributed by atoms with van der Waals surface area (Å²) in [7, 11) is -3.53. The van der Waals surface area contributed by atoms with Gasteiger partial charge in [0.15, 0.2) is 0 Å². The number of nitrogens with zero attached hydrogens (tertiary/aromatic N) is 5. The number of rotatable bonds is 5. The fraction of sp³-hybridized carbons (Fsp3) is 0.706. The van der Waals surface area contributed by atoms with E-state index in [1.165, 1.54) is 8.61 Å². The van der Waals surface area contributed by atoms with Crippen LogP contribution in [0.1, 0.15) is 20.8 Å². The van der Waals surface area contributed by atoms with Crippen LogP contribution in [0.15, 0.2) is 18.5 Å². The van der Waals surface area contributed by atoms with E-state index in [4.69, 9.17) is 4.74 Å². The zero-order valence-corrected chi connectivity index (χ0v) is 17.3. The summed E-state index contributed by atoms with van der Waals surface area (Å²) < 4.78 is 34.6. The molecule has 0 unspecified atom stereocenters. The highest BCUT2D eigenvalue weighted by atomic mass is 32.2. The number of anilines is 1. The smallest absolute Gasteiger partial charge is 0.282 e. The second-order valence-corrected chi connectivity index (χ2v) is 9.18. The highest BCUT2D eigenvalue weighted by molar-refractivity contribution is 7.86. The number of hydrogen-bond acceptors (Lipinski definition) is 7. The van der Waals surface area contributed by atoms with E-state index in [1.54, 1.807) is 25.4 Å². The molecule has 3 atom stereocenters. The minimum Gasteiger partial charge on any atom is -0.373 e. The molecular weight excluding hydrogens is 384 g/mol. The number of amides is 1. The summed E-state index contributed by atoms with van der Waals surface area (Å²) in [6.07, 6.45) is 2.88. The number of piperazine rings is 1. The van der Waals surface area contributed by atoms with Gasteiger partial charge in [-0.3, -0.25) is 15.0 Å². The molecule has 1 aromatic rings. The molecule has 0 saturated carbocycles. The van der Waals surface area contributed by atoms with Gasteiger partial charge in [-0.1, -0.05) is 0 Å². The van der Waals surface area contributed by atoms with Crippen LogP contribution >= 0.6 is 0 Å². The number of morpholine rings is 1. The van der Waals surface area contributed by atoms with Gasteiger partial charge in [0, 0.05) is 51.7 Å². The predicted molar refractivity (Wildman–Crippen MR) is 104 cm³/mol. The van der Waals surface area contributed by atoms with Crippen LogP contribution in [0.4, 0.5) is 5.95 Å². The number of hydrogen-bond donors (Lipinski definition) is 1. The molecule has 1 amide bonds. The van der Waals surface area contributed by atoms with Gasteiger partial charge in [-0.2, -0.15) is 17.0 Å². The molecule has 0 radical (unpaired) electrons. The second kappa shape index (κ2) is 8.78. The minimum atomic E-state index is -3.53. The van der Waals surface area contributed by atoms with E-state index >= 15 is 0 Å². The second-order valence-electron chi connectivity index (χ2n) is 7.25. The van der Waals surface area contributed by atoms with Crippen molar-refractivity contribution in [3.05, 3.63) is 18.5 Å². The van der Waals surface area contributed by atoms with Crippen molar-refractivity contribution in [2.24, 2.45) is 0 Å². The number of carbonyl (C=O) groups is 1. The van der Waals surface area contributed by atoms with Crippen molar-refractivity contribution in [3.63, 3.8) is 0 Å². The lowest BCUT2D eigenvalue weighted by Crippen LogP contribution is -2.58. The zero-order valence-electron chi connectivity index (χ0n) is 16.5. The SMILES string of the molecule is C[C@@H]1CN(S(=O)(=O)N2CCN([C@@H](C)C(=O)Nc3ncccn3)CC2)C[C@@H](C)O1. The summed E-state index contributed by atoms with van der Waals surface area (Å²) in [6, 6.07) is 1.27. The molecule has 28 heavy (non-hydrogen) atoms. The Kier molecular flexibility index (Phi) is 6.61. The van der Waals surface area contributed by atoms with Gasteiger partial charge in [0.2, 0.25) is 11.9 Å². The molecule has 3 heterocycles. The first-order valence-corrected chi connectivity index (χ1v) is 10.9. The molecule has 2 aliphatic heterocycles. The molecule has 2 saturated heterocycles. The molecule has 1 N–H and O–H groups in total. The average Bonchev–Trinajstić information content (AvgIpc) is 2.67. The highest BCUT2D eigenvalue weighted by Crippen LogP contribution is 2.19. The first kappa shape index (κ1) is 21.1. The van der Waals surface area contributed by atoms with Crippen LogP contribution in [0, 0.1) is 0 Å². The number of aromatic nitrogens is 2. The summed E-state index contributed by atoms with van der Waals surface area (Å²) in [5, 5.41) is 2.69. The number of ether oxygens (including phenoxy) is 1. The number of nitrogens with one attached hydrogen (secondary N) is 1. The lowest BCUT2D eigenvalue weighted by Gasteiger charge is -2.41. The van der Waals surface area contributed by atoms with Gasteiger partial charge in [0.25, 0.3) is 10.2 Å². The number of carbonyl (C=O) groups excluding carboxylic acids is 1. The Morgan fingerprint density at radius 3 is 2.25 bits per heavy atom. The van der Waals surface area contributed by atoms with Gasteiger partial charge < -0.3 is 4.74 Å². The third kappa shape index (κ3) is 4.84. The normalized spacial score (nSPS) is 26.7. The monoisotopic (exact) mass is 412 g/mol. The van der Waals surface area contributed by atoms with Crippen LogP contribution in [0.2, 0.25) is 0 Å². The highest BCUT2D eigenvalue weighted by Gasteiger charge is 2.37. The van der Waals surface area contributed by atoms with E-state index in [9.17, 15) is 13.2 Å². The molecule has 0 bridgehead atoms. The van der Waals surface area contributed by atoms with E-state index in [0.717, 1.165) is 0 Å². The zero-order chi connectivity index (χ0) is 20.3. The minimum absolute atomic E-state index is 0.122. The standard InChI is InChI=1S/C17H28N6O4S/c1-13-11-23(12-14(2)27-13)28(25,26)22-9-7-21(8-10-22)15(3)16(24)20-17-18-5-4-6-19-17/h4-6,13-15H,7-12H2,1-3H3,(H,18,19,20,24)/t13-,14-,15+/m1/s1. The molecule has 2 aliphatic rings. The molecule has 3 rings (SSSR count). The third-order valence-electron chi connectivity index (χ3n) is 5.04. The molecule has 0 aliphatic carbocycles. The summed E-state index contributed by atoms with van der Waals surface area (Å²) in [5.41, 5.74) is 0. The Morgan fingerprint density at radius 2 is 1.68 bits per heavy atom. The van der Waals surface area contributed by atoms with Crippen LogP contribution in [0.3, 0.4) is 0 Å². The Bertz CT molecular complexity index is 759. The van der Waals surface area contributed by atoms with Crippen molar-refractivity contribution in [1.29, 1.82) is 0 Å². The van der Waals surface area contributed by atoms with Crippen molar-refractivity contribution in [1.82, 2.24) is 23.5 Å². The van der Waals surface area contributed by atoms with Crippen LogP contribution in [-0.2, 0) is 19.7 Å². The van der Waals surface area contributed by atoms with E-state index in [1.807, 2.05) is 18.7 Å². The van der Waals surface area contributed by atoms with Gasteiger partial charge >= 0.3 is 0 Å². The molecule has 11 heteroatoms. The van der Waals surface area contributed by atoms with Crippen molar-refractivity contribution < 1.29 is 17.9 Å². The maximum absolute atomic E-state index is 13.0. The fourth-order valence-electron chi connectivity index (χ4n) is 3.55. The molecule has 2 fully saturated rings. The van der Waals surface area contributed by atoms with Crippen LogP contribution in [-0.4, -0.2) is 95.3 Å². The van der Waals surface area contributed by atoms with Crippen LogP contribution in [0.5, 0.6) is 0 Å². The van der Waals surface area contributed by atoms with Gasteiger partial charge in [0.1, 0.15) is 0 Å². The molecule has 156 valence electrons. The molecule has 0 spiro atoms. The molecular formula is C17H28N6O4S. The van der Waals surface area contributed by atoms with E-state index in [2.05, 4.69) is 15.3 Å². The topological polar surface area (TPSA) is 108 Å². The summed E-state index contributed by atoms with van der Waals surface area (Å²) >= 11 is 0. The lowest BCUT2D eigenvalue weighted by molar-refractivity contribution is -0.121. The van der Waals surface area contributed by atoms with Crippen LogP contribution < -0.4 is 5.32 Å². The first-order chi connectivity index (χ1) is 13.3. The quantitative estimate of drug-likeness (QED) is 0.712. The molecule has 0 aromatic carbocycles. The third-order valence-corrected chi connectivity index (χ3v) is 7.01. The van der Waals surface area contributed by atoms with Crippen LogP contribution in [0.25, 0.3) is 0 Å². The summed E-state index contributed by atoms with van der Waals surface area (Å²) in [4.78, 5) is 22.4. The van der Waals surface area contributed by atoms with Crippen molar-refractivity contribution in [2.75, 3.05) is 44.6 Å². The largest absolute Gasteiger partial charge is 0.373 e. The van der Waals surface area contributed by atoms with Crippen molar-refractivity contribution >= 4 is 22.1 Å². The summed E-state index contributed by atoms with van der Waals surface area (Å²) in [5.74, 6) is 0.0504.